The molecule has 2 rings (SSSR count). The van der Waals surface area contributed by atoms with Crippen molar-refractivity contribution < 1.29 is 40.3 Å². The number of ether oxygens (including phenoxy) is 1. The van der Waals surface area contributed by atoms with Crippen molar-refractivity contribution in [3.63, 3.8) is 0 Å². The zero-order valence-electron chi connectivity index (χ0n) is 18.1. The lowest BCUT2D eigenvalue weighted by Crippen LogP contribution is -2.52. The Bertz CT molecular complexity index is 772. The topological polar surface area (TPSA) is 32.8 Å². The maximum atomic E-state index is 14.7. The average molecular weight is 472 g/mol. The summed E-state index contributed by atoms with van der Waals surface area (Å²) in [6.07, 6.45) is -16.0. The van der Waals surface area contributed by atoms with Crippen LogP contribution in [0.5, 0.6) is 0 Å². The molecule has 1 aromatic carbocycles. The first-order chi connectivity index (χ1) is 14.7. The number of piperazine rings is 1. The lowest BCUT2D eigenvalue weighted by atomic mass is 9.95. The number of carbonyl (C=O) groups excluding carboxylic acids is 1. The van der Waals surface area contributed by atoms with Crippen molar-refractivity contribution in [2.24, 2.45) is 5.92 Å². The zero-order chi connectivity index (χ0) is 24.3. The van der Waals surface area contributed by atoms with Gasteiger partial charge >= 0.3 is 18.4 Å². The van der Waals surface area contributed by atoms with Gasteiger partial charge in [-0.2, -0.15) is 26.3 Å². The van der Waals surface area contributed by atoms with E-state index in [1.54, 1.807) is 13.0 Å². The van der Waals surface area contributed by atoms with E-state index in [1.807, 2.05) is 24.8 Å². The fourth-order valence-electron chi connectivity index (χ4n) is 3.45. The lowest BCUT2D eigenvalue weighted by molar-refractivity contribution is -0.308. The molecular formula is C21H27F7N2O2. The van der Waals surface area contributed by atoms with Crippen molar-refractivity contribution >= 4 is 6.09 Å². The number of carbonyl (C=O) groups is 1. The van der Waals surface area contributed by atoms with Crippen molar-refractivity contribution in [3.8, 4) is 0 Å². The van der Waals surface area contributed by atoms with E-state index in [9.17, 15) is 35.5 Å². The molecule has 11 heteroatoms. The molecule has 32 heavy (non-hydrogen) atoms. The Balaban J connectivity index is 2.00. The summed E-state index contributed by atoms with van der Waals surface area (Å²) in [7, 11) is 0. The van der Waals surface area contributed by atoms with E-state index in [0.29, 0.717) is 30.0 Å². The van der Waals surface area contributed by atoms with Crippen LogP contribution in [-0.2, 0) is 17.7 Å². The highest BCUT2D eigenvalue weighted by atomic mass is 19.4. The standard InChI is InChI=1S/C21H27F7N2O2/c1-13(2)4-7-16-15(6-5-14(3)17(16)22)12-29-8-10-30(11-9-29)19(31)32-18(20(23,24)25)21(26,27)28/h5-6,13,18H,4,7-12H2,1-3H3. The van der Waals surface area contributed by atoms with Crippen molar-refractivity contribution in [2.45, 2.75) is 58.6 Å². The molecule has 182 valence electrons. The second kappa shape index (κ2) is 10.3. The summed E-state index contributed by atoms with van der Waals surface area (Å²) in [6.45, 7) is 6.32. The number of hydrogen-bond donors (Lipinski definition) is 0. The molecule has 1 amide bonds. The number of aryl methyl sites for hydroxylation is 1. The van der Waals surface area contributed by atoms with E-state index in [0.717, 1.165) is 16.9 Å². The van der Waals surface area contributed by atoms with Crippen molar-refractivity contribution in [1.29, 1.82) is 0 Å². The van der Waals surface area contributed by atoms with Gasteiger partial charge in [-0.05, 0) is 42.4 Å². The van der Waals surface area contributed by atoms with Gasteiger partial charge in [-0.25, -0.2) is 9.18 Å². The number of rotatable bonds is 6. The minimum Gasteiger partial charge on any atom is -0.426 e. The van der Waals surface area contributed by atoms with E-state index >= 15 is 0 Å². The van der Waals surface area contributed by atoms with Crippen molar-refractivity contribution in [3.05, 3.63) is 34.6 Å². The molecule has 4 nitrogen and oxygen atoms in total. The van der Waals surface area contributed by atoms with Gasteiger partial charge in [0.05, 0.1) is 0 Å². The molecule has 0 N–H and O–H groups in total. The molecule has 1 fully saturated rings. The van der Waals surface area contributed by atoms with Gasteiger partial charge in [-0.15, -0.1) is 0 Å². The number of nitrogens with zero attached hydrogens (tertiary/aromatic N) is 2. The first-order valence-corrected chi connectivity index (χ1v) is 10.3. The van der Waals surface area contributed by atoms with E-state index < -0.39 is 24.5 Å². The van der Waals surface area contributed by atoms with Crippen LogP contribution in [0.1, 0.15) is 37.0 Å². The predicted molar refractivity (Wildman–Crippen MR) is 104 cm³/mol. The normalized spacial score (nSPS) is 16.2. The Morgan fingerprint density at radius 1 is 1.03 bits per heavy atom. The summed E-state index contributed by atoms with van der Waals surface area (Å²) < 4.78 is 94.0. The molecule has 1 saturated heterocycles. The summed E-state index contributed by atoms with van der Waals surface area (Å²) in [5, 5.41) is 0. The monoisotopic (exact) mass is 472 g/mol. The fraction of sp³-hybridized carbons (Fsp3) is 0.667. The average Bonchev–Trinajstić information content (AvgIpc) is 2.67. The van der Waals surface area contributed by atoms with Crippen LogP contribution < -0.4 is 0 Å². The third kappa shape index (κ3) is 6.98. The summed E-state index contributed by atoms with van der Waals surface area (Å²) in [5.74, 6) is 0.116. The highest BCUT2D eigenvalue weighted by Crippen LogP contribution is 2.36. The molecule has 0 bridgehead atoms. The minimum atomic E-state index is -5.75. The van der Waals surface area contributed by atoms with Gasteiger partial charge in [-0.3, -0.25) is 4.90 Å². The molecule has 1 aliphatic heterocycles. The van der Waals surface area contributed by atoms with Crippen molar-refractivity contribution in [2.75, 3.05) is 26.2 Å². The molecule has 0 radical (unpaired) electrons. The van der Waals surface area contributed by atoms with Crippen LogP contribution in [0.4, 0.5) is 35.5 Å². The van der Waals surface area contributed by atoms with Crippen LogP contribution in [0, 0.1) is 18.7 Å². The Hall–Kier alpha value is -2.04. The van der Waals surface area contributed by atoms with E-state index in [1.165, 1.54) is 0 Å². The lowest BCUT2D eigenvalue weighted by Gasteiger charge is -2.35. The minimum absolute atomic E-state index is 0.100. The Labute approximate surface area is 182 Å². The number of hydrogen-bond acceptors (Lipinski definition) is 3. The van der Waals surface area contributed by atoms with Crippen LogP contribution in [0.3, 0.4) is 0 Å². The van der Waals surface area contributed by atoms with Gasteiger partial charge in [0.25, 0.3) is 6.10 Å². The van der Waals surface area contributed by atoms with Gasteiger partial charge in [0.15, 0.2) is 0 Å². The maximum absolute atomic E-state index is 14.7. The third-order valence-corrected chi connectivity index (χ3v) is 5.34. The van der Waals surface area contributed by atoms with Crippen LogP contribution in [0.15, 0.2) is 12.1 Å². The second-order valence-electron chi connectivity index (χ2n) is 8.38. The van der Waals surface area contributed by atoms with Crippen molar-refractivity contribution in [1.82, 2.24) is 9.80 Å². The van der Waals surface area contributed by atoms with Crippen LogP contribution in [-0.4, -0.2) is 60.5 Å². The number of amides is 1. The maximum Gasteiger partial charge on any atom is 0.434 e. The van der Waals surface area contributed by atoms with E-state index in [-0.39, 0.29) is 32.0 Å². The molecule has 0 atom stereocenters. The van der Waals surface area contributed by atoms with Crippen LogP contribution >= 0.6 is 0 Å². The first kappa shape index (κ1) is 26.2. The van der Waals surface area contributed by atoms with Gasteiger partial charge < -0.3 is 9.64 Å². The van der Waals surface area contributed by atoms with Crippen LogP contribution in [0.2, 0.25) is 0 Å². The highest BCUT2D eigenvalue weighted by molar-refractivity contribution is 5.68. The molecule has 0 unspecified atom stereocenters. The molecule has 1 heterocycles. The van der Waals surface area contributed by atoms with Gasteiger partial charge in [0.1, 0.15) is 5.82 Å². The zero-order valence-corrected chi connectivity index (χ0v) is 18.1. The SMILES string of the molecule is Cc1ccc(CN2CCN(C(=O)OC(C(F)(F)F)C(F)(F)F)CC2)c(CCC(C)C)c1F. The Morgan fingerprint density at radius 2 is 1.59 bits per heavy atom. The predicted octanol–water partition coefficient (Wildman–Crippen LogP) is 5.47. The summed E-state index contributed by atoms with van der Waals surface area (Å²) in [4.78, 5) is 14.6. The van der Waals surface area contributed by atoms with E-state index in [4.69, 9.17) is 0 Å². The summed E-state index contributed by atoms with van der Waals surface area (Å²) >= 11 is 0. The van der Waals surface area contributed by atoms with E-state index in [2.05, 4.69) is 4.74 Å². The molecule has 1 aliphatic rings. The second-order valence-corrected chi connectivity index (χ2v) is 8.38. The Morgan fingerprint density at radius 3 is 2.09 bits per heavy atom. The summed E-state index contributed by atoms with van der Waals surface area (Å²) in [5.41, 5.74) is 1.92. The Kier molecular flexibility index (Phi) is 8.41. The third-order valence-electron chi connectivity index (χ3n) is 5.34. The van der Waals surface area contributed by atoms with Gasteiger partial charge in [0, 0.05) is 32.7 Å². The molecule has 1 aromatic rings. The number of benzene rings is 1. The van der Waals surface area contributed by atoms with Gasteiger partial charge in [-0.1, -0.05) is 26.0 Å². The number of alkyl halides is 6. The molecular weight excluding hydrogens is 445 g/mol. The quantitative estimate of drug-likeness (QED) is 0.515. The molecule has 0 aromatic heterocycles. The first-order valence-electron chi connectivity index (χ1n) is 10.3. The van der Waals surface area contributed by atoms with Crippen LogP contribution in [0.25, 0.3) is 0 Å². The largest absolute Gasteiger partial charge is 0.434 e. The smallest absolute Gasteiger partial charge is 0.426 e. The number of halogens is 7. The highest BCUT2D eigenvalue weighted by Gasteiger charge is 2.60. The summed E-state index contributed by atoms with van der Waals surface area (Å²) in [6, 6.07) is 3.50. The molecule has 0 saturated carbocycles. The molecule has 0 aliphatic carbocycles. The van der Waals surface area contributed by atoms with Gasteiger partial charge in [0.2, 0.25) is 0 Å². The fourth-order valence-corrected chi connectivity index (χ4v) is 3.45. The molecule has 0 spiro atoms.